The highest BCUT2D eigenvalue weighted by atomic mass is 32.1. The number of rotatable bonds is 4. The summed E-state index contributed by atoms with van der Waals surface area (Å²) in [6.07, 6.45) is 7.45. The molecule has 2 bridgehead atoms. The largest absolute Gasteiger partial charge is 0.353 e. The van der Waals surface area contributed by atoms with Crippen molar-refractivity contribution in [2.75, 3.05) is 5.75 Å². The number of carbonyl (C=O) groups excluding carboxylic acids is 1. The van der Waals surface area contributed by atoms with Gasteiger partial charge in [-0.15, -0.1) is 0 Å². The minimum Gasteiger partial charge on any atom is -0.353 e. The Balaban J connectivity index is 1.33. The molecule has 1 amide bonds. The summed E-state index contributed by atoms with van der Waals surface area (Å²) in [6, 6.07) is 0.560. The zero-order chi connectivity index (χ0) is 11.6. The summed E-state index contributed by atoms with van der Waals surface area (Å²) in [7, 11) is 0. The van der Waals surface area contributed by atoms with Crippen LogP contribution in [0.3, 0.4) is 0 Å². The van der Waals surface area contributed by atoms with E-state index in [1.807, 2.05) is 0 Å². The molecule has 4 aliphatic rings. The van der Waals surface area contributed by atoms with Crippen molar-refractivity contribution in [3.8, 4) is 0 Å². The summed E-state index contributed by atoms with van der Waals surface area (Å²) in [4.78, 5) is 12.0. The highest BCUT2D eigenvalue weighted by Crippen LogP contribution is 2.65. The molecular formula is C14H21NOS. The van der Waals surface area contributed by atoms with E-state index in [2.05, 4.69) is 17.9 Å². The van der Waals surface area contributed by atoms with E-state index in [4.69, 9.17) is 0 Å². The second-order valence-electron chi connectivity index (χ2n) is 6.92. The van der Waals surface area contributed by atoms with Gasteiger partial charge in [-0.1, -0.05) is 0 Å². The van der Waals surface area contributed by atoms with Gasteiger partial charge in [0.2, 0.25) is 5.91 Å². The molecule has 2 nitrogen and oxygen atoms in total. The zero-order valence-corrected chi connectivity index (χ0v) is 11.1. The molecule has 4 atom stereocenters. The molecule has 0 aromatic carbocycles. The van der Waals surface area contributed by atoms with Gasteiger partial charge in [0.1, 0.15) is 0 Å². The van der Waals surface area contributed by atoms with Gasteiger partial charge in [-0.2, -0.15) is 12.6 Å². The maximum absolute atomic E-state index is 12.0. The third-order valence-electron chi connectivity index (χ3n) is 5.89. The quantitative estimate of drug-likeness (QED) is 0.737. The van der Waals surface area contributed by atoms with Crippen LogP contribution in [0.5, 0.6) is 0 Å². The van der Waals surface area contributed by atoms with Crippen molar-refractivity contribution in [3.63, 3.8) is 0 Å². The first kappa shape index (κ1) is 10.7. The average Bonchev–Trinajstić information content (AvgIpc) is 3.16. The van der Waals surface area contributed by atoms with Gasteiger partial charge in [0.05, 0.1) is 0 Å². The summed E-state index contributed by atoms with van der Waals surface area (Å²) in [5.74, 6) is 4.82. The van der Waals surface area contributed by atoms with Crippen LogP contribution < -0.4 is 5.32 Å². The molecule has 4 rings (SSSR count). The third-order valence-corrected chi connectivity index (χ3v) is 6.56. The minimum atomic E-state index is 0.274. The van der Waals surface area contributed by atoms with Crippen LogP contribution in [0.15, 0.2) is 0 Å². The first-order chi connectivity index (χ1) is 8.22. The summed E-state index contributed by atoms with van der Waals surface area (Å²) < 4.78 is 0. The number of nitrogens with one attached hydrogen (secondary N) is 1. The van der Waals surface area contributed by atoms with E-state index in [0.29, 0.717) is 11.9 Å². The van der Waals surface area contributed by atoms with Crippen LogP contribution in [0.2, 0.25) is 0 Å². The lowest BCUT2D eigenvalue weighted by molar-refractivity contribution is -0.122. The number of amides is 1. The van der Waals surface area contributed by atoms with E-state index < -0.39 is 0 Å². The Morgan fingerprint density at radius 3 is 2.41 bits per heavy atom. The van der Waals surface area contributed by atoms with E-state index >= 15 is 0 Å². The van der Waals surface area contributed by atoms with Gasteiger partial charge in [0.25, 0.3) is 0 Å². The Labute approximate surface area is 108 Å². The Morgan fingerprint density at radius 1 is 1.24 bits per heavy atom. The van der Waals surface area contributed by atoms with Gasteiger partial charge in [-0.05, 0) is 66.9 Å². The molecule has 3 heteroatoms. The monoisotopic (exact) mass is 251 g/mol. The standard InChI is InChI=1S/C14H21NOS/c16-10(6-14(7-17)3-4-14)15-13-11-8-1-2-9(5-8)12(11)13/h8-9,11-13,17H,1-7H2,(H,15,16). The molecule has 94 valence electrons. The van der Waals surface area contributed by atoms with Gasteiger partial charge in [0, 0.05) is 12.5 Å². The van der Waals surface area contributed by atoms with Crippen molar-refractivity contribution in [1.29, 1.82) is 0 Å². The molecule has 0 spiro atoms. The van der Waals surface area contributed by atoms with Crippen molar-refractivity contribution in [2.24, 2.45) is 29.1 Å². The van der Waals surface area contributed by atoms with Crippen LogP contribution in [0, 0.1) is 29.1 Å². The van der Waals surface area contributed by atoms with Gasteiger partial charge in [0.15, 0.2) is 0 Å². The fraction of sp³-hybridized carbons (Fsp3) is 0.929. The Hall–Kier alpha value is -0.180. The molecule has 0 heterocycles. The van der Waals surface area contributed by atoms with Crippen LogP contribution in [-0.2, 0) is 4.79 Å². The topological polar surface area (TPSA) is 29.1 Å². The molecule has 4 fully saturated rings. The molecule has 1 N–H and O–H groups in total. The number of hydrogen-bond acceptors (Lipinski definition) is 2. The minimum absolute atomic E-state index is 0.274. The third kappa shape index (κ3) is 1.57. The van der Waals surface area contributed by atoms with Gasteiger partial charge in [-0.25, -0.2) is 0 Å². The highest BCUT2D eigenvalue weighted by molar-refractivity contribution is 7.80. The van der Waals surface area contributed by atoms with E-state index in [1.165, 1.54) is 32.1 Å². The van der Waals surface area contributed by atoms with Crippen molar-refractivity contribution in [1.82, 2.24) is 5.32 Å². The van der Waals surface area contributed by atoms with Crippen LogP contribution in [0.4, 0.5) is 0 Å². The van der Waals surface area contributed by atoms with Gasteiger partial charge in [-0.3, -0.25) is 4.79 Å². The lowest BCUT2D eigenvalue weighted by Gasteiger charge is -2.14. The summed E-state index contributed by atoms with van der Waals surface area (Å²) in [6.45, 7) is 0. The molecule has 0 radical (unpaired) electrons. The van der Waals surface area contributed by atoms with Gasteiger partial charge < -0.3 is 5.32 Å². The number of thiol groups is 1. The van der Waals surface area contributed by atoms with Crippen LogP contribution >= 0.6 is 12.6 Å². The first-order valence-electron chi connectivity index (χ1n) is 7.13. The first-order valence-corrected chi connectivity index (χ1v) is 7.76. The van der Waals surface area contributed by atoms with E-state index in [9.17, 15) is 4.79 Å². The number of fused-ring (bicyclic) bond motifs is 5. The second-order valence-corrected chi connectivity index (χ2v) is 7.23. The maximum Gasteiger partial charge on any atom is 0.220 e. The zero-order valence-electron chi connectivity index (χ0n) is 10.2. The maximum atomic E-state index is 12.0. The Bertz CT molecular complexity index is 349. The molecule has 0 aromatic heterocycles. The molecule has 4 unspecified atom stereocenters. The molecule has 0 saturated heterocycles. The Morgan fingerprint density at radius 2 is 1.88 bits per heavy atom. The predicted molar refractivity (Wildman–Crippen MR) is 69.9 cm³/mol. The molecule has 0 aliphatic heterocycles. The summed E-state index contributed by atoms with van der Waals surface area (Å²) in [5.41, 5.74) is 0.274. The van der Waals surface area contributed by atoms with Crippen LogP contribution in [0.1, 0.15) is 38.5 Å². The fourth-order valence-corrected chi connectivity index (χ4v) is 5.09. The predicted octanol–water partition coefficient (Wildman–Crippen LogP) is 2.25. The number of carbonyl (C=O) groups is 1. The fourth-order valence-electron chi connectivity index (χ4n) is 4.66. The molecule has 17 heavy (non-hydrogen) atoms. The van der Waals surface area contributed by atoms with E-state index in [0.717, 1.165) is 35.8 Å². The molecule has 4 aliphatic carbocycles. The lowest BCUT2D eigenvalue weighted by Crippen LogP contribution is -2.32. The SMILES string of the molecule is O=C(CC1(CS)CC1)NC1C2C3CCC(C3)C12. The van der Waals surface area contributed by atoms with E-state index in [1.54, 1.807) is 0 Å². The second kappa shape index (κ2) is 3.43. The van der Waals surface area contributed by atoms with Crippen molar-refractivity contribution >= 4 is 18.5 Å². The summed E-state index contributed by atoms with van der Waals surface area (Å²) >= 11 is 4.37. The summed E-state index contributed by atoms with van der Waals surface area (Å²) in [5, 5.41) is 3.31. The molecule has 0 aromatic rings. The van der Waals surface area contributed by atoms with Crippen LogP contribution in [-0.4, -0.2) is 17.7 Å². The molecule has 4 saturated carbocycles. The highest BCUT2D eigenvalue weighted by Gasteiger charge is 2.65. The van der Waals surface area contributed by atoms with Crippen molar-refractivity contribution < 1.29 is 4.79 Å². The Kier molecular flexibility index (Phi) is 2.16. The smallest absolute Gasteiger partial charge is 0.220 e. The van der Waals surface area contributed by atoms with E-state index in [-0.39, 0.29) is 5.41 Å². The van der Waals surface area contributed by atoms with Crippen molar-refractivity contribution in [3.05, 3.63) is 0 Å². The molecular weight excluding hydrogens is 230 g/mol. The van der Waals surface area contributed by atoms with Crippen molar-refractivity contribution in [2.45, 2.75) is 44.6 Å². The number of hydrogen-bond donors (Lipinski definition) is 2. The van der Waals surface area contributed by atoms with Gasteiger partial charge >= 0.3 is 0 Å². The lowest BCUT2D eigenvalue weighted by atomic mass is 10.0. The normalized spacial score (nSPS) is 47.7. The average molecular weight is 251 g/mol. The van der Waals surface area contributed by atoms with Crippen LogP contribution in [0.25, 0.3) is 0 Å².